The van der Waals surface area contributed by atoms with E-state index >= 15 is 0 Å². The molecule has 0 aromatic rings. The Morgan fingerprint density at radius 1 is 1.42 bits per heavy atom. The highest BCUT2D eigenvalue weighted by molar-refractivity contribution is 5.73. The lowest BCUT2D eigenvalue weighted by atomic mass is 10.3. The van der Waals surface area contributed by atoms with E-state index in [1.54, 1.807) is 0 Å². The second kappa shape index (κ2) is 5.50. The molecule has 0 radical (unpaired) electrons. The van der Waals surface area contributed by atoms with Gasteiger partial charge in [-0.15, -0.1) is 0 Å². The van der Waals surface area contributed by atoms with E-state index in [9.17, 15) is 9.59 Å². The van der Waals surface area contributed by atoms with Crippen LogP contribution in [0.5, 0.6) is 0 Å². The number of rotatable bonds is 6. The summed E-state index contributed by atoms with van der Waals surface area (Å²) in [6.45, 7) is -0.182. The average Bonchev–Trinajstić information content (AvgIpc) is 1.97. The zero-order chi connectivity index (χ0) is 9.56. The number of ether oxygens (including phenoxy) is 1. The second-order valence-electron chi connectivity index (χ2n) is 2.16. The fraction of sp³-hybridized carbons (Fsp3) is 0.667. The SMILES string of the molecule is NC(COCCC(=O)O)C(=O)O. The van der Waals surface area contributed by atoms with Gasteiger partial charge < -0.3 is 20.7 Å². The Labute approximate surface area is 68.9 Å². The van der Waals surface area contributed by atoms with E-state index in [-0.39, 0.29) is 19.6 Å². The van der Waals surface area contributed by atoms with Crippen LogP contribution in [0.25, 0.3) is 0 Å². The number of carboxylic acid groups (broad SMARTS) is 2. The molecule has 0 aromatic heterocycles. The van der Waals surface area contributed by atoms with Gasteiger partial charge in [-0.2, -0.15) is 0 Å². The Bertz CT molecular complexity index is 169. The summed E-state index contributed by atoms with van der Waals surface area (Å²) in [5.41, 5.74) is 5.06. The van der Waals surface area contributed by atoms with E-state index in [2.05, 4.69) is 4.74 Å². The van der Waals surface area contributed by atoms with Crippen molar-refractivity contribution in [2.24, 2.45) is 5.73 Å². The molecule has 0 saturated heterocycles. The summed E-state index contributed by atoms with van der Waals surface area (Å²) in [4.78, 5) is 20.1. The molecule has 0 heterocycles. The molecule has 70 valence electrons. The quantitative estimate of drug-likeness (QED) is 0.444. The lowest BCUT2D eigenvalue weighted by Crippen LogP contribution is -2.35. The summed E-state index contributed by atoms with van der Waals surface area (Å²) in [7, 11) is 0. The third kappa shape index (κ3) is 5.63. The van der Waals surface area contributed by atoms with Crippen LogP contribution in [-0.4, -0.2) is 41.4 Å². The van der Waals surface area contributed by atoms with Crippen molar-refractivity contribution in [1.29, 1.82) is 0 Å². The lowest BCUT2D eigenvalue weighted by molar-refractivity contribution is -0.140. The van der Waals surface area contributed by atoms with Crippen LogP contribution in [0.2, 0.25) is 0 Å². The first-order valence-electron chi connectivity index (χ1n) is 3.32. The normalized spacial score (nSPS) is 12.4. The molecule has 12 heavy (non-hydrogen) atoms. The molecule has 0 fully saturated rings. The largest absolute Gasteiger partial charge is 0.481 e. The van der Waals surface area contributed by atoms with Crippen LogP contribution in [0.15, 0.2) is 0 Å². The summed E-state index contributed by atoms with van der Waals surface area (Å²) >= 11 is 0. The fourth-order valence-electron chi connectivity index (χ4n) is 0.441. The van der Waals surface area contributed by atoms with E-state index in [1.165, 1.54) is 0 Å². The van der Waals surface area contributed by atoms with Crippen LogP contribution >= 0.6 is 0 Å². The van der Waals surface area contributed by atoms with Gasteiger partial charge in [-0.1, -0.05) is 0 Å². The van der Waals surface area contributed by atoms with Crippen LogP contribution in [0, 0.1) is 0 Å². The van der Waals surface area contributed by atoms with Crippen molar-refractivity contribution in [3.63, 3.8) is 0 Å². The number of hydrogen-bond acceptors (Lipinski definition) is 4. The van der Waals surface area contributed by atoms with Crippen molar-refractivity contribution in [2.45, 2.75) is 12.5 Å². The van der Waals surface area contributed by atoms with Gasteiger partial charge >= 0.3 is 11.9 Å². The molecule has 0 bridgehead atoms. The lowest BCUT2D eigenvalue weighted by Gasteiger charge is -2.05. The first-order chi connectivity index (χ1) is 5.54. The minimum Gasteiger partial charge on any atom is -0.481 e. The molecule has 0 aliphatic rings. The van der Waals surface area contributed by atoms with Crippen molar-refractivity contribution in [1.82, 2.24) is 0 Å². The Kier molecular flexibility index (Phi) is 4.98. The van der Waals surface area contributed by atoms with Crippen molar-refractivity contribution in [3.05, 3.63) is 0 Å². The van der Waals surface area contributed by atoms with Crippen LogP contribution in [-0.2, 0) is 14.3 Å². The molecule has 0 amide bonds. The summed E-state index contributed by atoms with van der Waals surface area (Å²) < 4.78 is 4.68. The van der Waals surface area contributed by atoms with E-state index in [1.807, 2.05) is 0 Å². The highest BCUT2D eigenvalue weighted by Gasteiger charge is 2.10. The maximum atomic E-state index is 10.1. The van der Waals surface area contributed by atoms with Gasteiger partial charge in [-0.25, -0.2) is 0 Å². The van der Waals surface area contributed by atoms with Crippen LogP contribution in [0.3, 0.4) is 0 Å². The minimum absolute atomic E-state index is 0.0175. The first kappa shape index (κ1) is 10.9. The molecule has 0 aliphatic carbocycles. The molecule has 0 aromatic carbocycles. The Morgan fingerprint density at radius 3 is 2.42 bits per heavy atom. The predicted molar refractivity (Wildman–Crippen MR) is 38.7 cm³/mol. The standard InChI is InChI=1S/C6H11NO5/c7-4(6(10)11)3-12-2-1-5(8)9/h4H,1-3,7H2,(H,8,9)(H,10,11). The van der Waals surface area contributed by atoms with E-state index < -0.39 is 18.0 Å². The highest BCUT2D eigenvalue weighted by atomic mass is 16.5. The topological polar surface area (TPSA) is 110 Å². The van der Waals surface area contributed by atoms with Gasteiger partial charge in [-0.05, 0) is 0 Å². The third-order valence-corrected chi connectivity index (χ3v) is 1.07. The fourth-order valence-corrected chi connectivity index (χ4v) is 0.441. The molecule has 6 nitrogen and oxygen atoms in total. The third-order valence-electron chi connectivity index (χ3n) is 1.07. The maximum absolute atomic E-state index is 10.1. The average molecular weight is 177 g/mol. The maximum Gasteiger partial charge on any atom is 0.322 e. The van der Waals surface area contributed by atoms with Crippen LogP contribution < -0.4 is 5.73 Å². The molecule has 6 heteroatoms. The number of hydrogen-bond donors (Lipinski definition) is 3. The van der Waals surface area contributed by atoms with Gasteiger partial charge in [0.15, 0.2) is 0 Å². The summed E-state index contributed by atoms with van der Waals surface area (Å²) in [6.07, 6.45) is -0.146. The zero-order valence-electron chi connectivity index (χ0n) is 6.40. The van der Waals surface area contributed by atoms with Crippen molar-refractivity contribution in [3.8, 4) is 0 Å². The van der Waals surface area contributed by atoms with Gasteiger partial charge in [0.2, 0.25) is 0 Å². The highest BCUT2D eigenvalue weighted by Crippen LogP contribution is 1.85. The summed E-state index contributed by atoms with van der Waals surface area (Å²) in [6, 6.07) is -1.08. The minimum atomic E-state index is -1.16. The summed E-state index contributed by atoms with van der Waals surface area (Å²) in [5.74, 6) is -2.15. The van der Waals surface area contributed by atoms with Gasteiger partial charge in [0.25, 0.3) is 0 Å². The van der Waals surface area contributed by atoms with Crippen molar-refractivity contribution in [2.75, 3.05) is 13.2 Å². The van der Waals surface area contributed by atoms with Gasteiger partial charge in [-0.3, -0.25) is 9.59 Å². The van der Waals surface area contributed by atoms with Crippen molar-refractivity contribution >= 4 is 11.9 Å². The van der Waals surface area contributed by atoms with Gasteiger partial charge in [0.05, 0.1) is 19.6 Å². The summed E-state index contributed by atoms with van der Waals surface area (Å²) in [5, 5.41) is 16.4. The predicted octanol–water partition coefficient (Wildman–Crippen LogP) is -1.11. The molecule has 0 rings (SSSR count). The number of carboxylic acids is 2. The molecule has 0 spiro atoms. The molecular weight excluding hydrogens is 166 g/mol. The second-order valence-corrected chi connectivity index (χ2v) is 2.16. The molecule has 0 aliphatic heterocycles. The smallest absolute Gasteiger partial charge is 0.322 e. The van der Waals surface area contributed by atoms with Crippen molar-refractivity contribution < 1.29 is 24.5 Å². The van der Waals surface area contributed by atoms with E-state index in [0.717, 1.165) is 0 Å². The Balaban J connectivity index is 3.31. The molecular formula is C6H11NO5. The molecule has 4 N–H and O–H groups in total. The zero-order valence-corrected chi connectivity index (χ0v) is 6.40. The number of carbonyl (C=O) groups is 2. The van der Waals surface area contributed by atoms with Gasteiger partial charge in [0, 0.05) is 0 Å². The number of aliphatic carboxylic acids is 2. The molecule has 1 atom stereocenters. The number of nitrogens with two attached hydrogens (primary N) is 1. The monoisotopic (exact) mass is 177 g/mol. The Hall–Kier alpha value is -1.14. The molecule has 0 saturated carbocycles. The van der Waals surface area contributed by atoms with Gasteiger partial charge in [0.1, 0.15) is 6.04 Å². The van der Waals surface area contributed by atoms with Crippen LogP contribution in [0.4, 0.5) is 0 Å². The first-order valence-corrected chi connectivity index (χ1v) is 3.32. The Morgan fingerprint density at radius 2 is 2.00 bits per heavy atom. The van der Waals surface area contributed by atoms with Crippen LogP contribution in [0.1, 0.15) is 6.42 Å². The molecule has 1 unspecified atom stereocenters. The van der Waals surface area contributed by atoms with E-state index in [0.29, 0.717) is 0 Å². The van der Waals surface area contributed by atoms with E-state index in [4.69, 9.17) is 15.9 Å².